The third-order valence-corrected chi connectivity index (χ3v) is 7.49. The Balaban J connectivity index is 1.47. The van der Waals surface area contributed by atoms with E-state index in [0.29, 0.717) is 23.2 Å². The fourth-order valence-corrected chi connectivity index (χ4v) is 5.35. The van der Waals surface area contributed by atoms with Crippen LogP contribution in [-0.2, 0) is 17.9 Å². The van der Waals surface area contributed by atoms with Crippen LogP contribution in [0, 0.1) is 23.2 Å². The number of pyridine rings is 1. The van der Waals surface area contributed by atoms with Crippen molar-refractivity contribution in [1.82, 2.24) is 20.1 Å². The Labute approximate surface area is 186 Å². The molecule has 2 heterocycles. The van der Waals surface area contributed by atoms with Gasteiger partial charge in [0.2, 0.25) is 5.91 Å². The highest BCUT2D eigenvalue weighted by atomic mass is 16.4. The molecule has 9 heteroatoms. The molecule has 3 saturated carbocycles. The Morgan fingerprint density at radius 3 is 2.59 bits per heavy atom. The highest BCUT2D eigenvalue weighted by molar-refractivity contribution is 5.93. The van der Waals surface area contributed by atoms with Crippen molar-refractivity contribution in [2.45, 2.75) is 52.7 Å². The number of nitrogens with one attached hydrogen (secondary N) is 2. The number of fused-ring (bicyclic) bond motifs is 2. The van der Waals surface area contributed by atoms with Crippen molar-refractivity contribution in [3.8, 4) is 0 Å². The van der Waals surface area contributed by atoms with Gasteiger partial charge in [-0.1, -0.05) is 20.8 Å². The molecule has 0 radical (unpaired) electrons. The first-order chi connectivity index (χ1) is 15.2. The van der Waals surface area contributed by atoms with Crippen molar-refractivity contribution in [1.29, 1.82) is 0 Å². The summed E-state index contributed by atoms with van der Waals surface area (Å²) < 4.78 is 0.890. The van der Waals surface area contributed by atoms with Gasteiger partial charge in [-0.05, 0) is 53.7 Å². The minimum Gasteiger partial charge on any atom is -0.477 e. The van der Waals surface area contributed by atoms with E-state index in [9.17, 15) is 19.5 Å². The molecule has 4 atom stereocenters. The van der Waals surface area contributed by atoms with E-state index in [4.69, 9.17) is 0 Å². The van der Waals surface area contributed by atoms with Gasteiger partial charge in [-0.15, -0.1) is 0 Å². The molecule has 3 aliphatic carbocycles. The van der Waals surface area contributed by atoms with Gasteiger partial charge in [-0.3, -0.25) is 14.6 Å². The number of hydrogen-bond acceptors (Lipinski definition) is 6. The number of carboxylic acids is 1. The molecule has 5 rings (SSSR count). The maximum Gasteiger partial charge on any atom is 0.343 e. The summed E-state index contributed by atoms with van der Waals surface area (Å²) in [4.78, 5) is 40.9. The fourth-order valence-electron chi connectivity index (χ4n) is 5.35. The number of amides is 1. The van der Waals surface area contributed by atoms with Gasteiger partial charge < -0.3 is 15.7 Å². The second-order valence-electron chi connectivity index (χ2n) is 9.54. The standard InChI is InChI=1S/C23H29N5O4/c1-13-16-8-15(23(16,2)3)9-17(13)27-18-11-26-28(21(30)20(18)22(31)32)12-19(29)25-10-14-4-6-24-7-5-14/h4-7,11,13,15-17,27H,8-10,12H2,1-3H3,(H,25,29)(H,31,32)/t13-,15-,16+,17-/m1/s1. The zero-order valence-electron chi connectivity index (χ0n) is 18.5. The Morgan fingerprint density at radius 2 is 1.97 bits per heavy atom. The highest BCUT2D eigenvalue weighted by Gasteiger charge is 2.56. The van der Waals surface area contributed by atoms with Gasteiger partial charge >= 0.3 is 5.97 Å². The van der Waals surface area contributed by atoms with Crippen molar-refractivity contribution in [2.75, 3.05) is 5.32 Å². The van der Waals surface area contributed by atoms with E-state index in [0.717, 1.165) is 16.7 Å². The quantitative estimate of drug-likeness (QED) is 0.603. The van der Waals surface area contributed by atoms with Crippen LogP contribution >= 0.6 is 0 Å². The normalized spacial score (nSPS) is 25.5. The zero-order chi connectivity index (χ0) is 23.0. The number of carbonyl (C=O) groups excluding carboxylic acids is 1. The summed E-state index contributed by atoms with van der Waals surface area (Å²) in [6.45, 7) is 6.69. The molecule has 170 valence electrons. The smallest absolute Gasteiger partial charge is 0.343 e. The summed E-state index contributed by atoms with van der Waals surface area (Å²) in [5.74, 6) is -0.245. The number of carbonyl (C=O) groups is 2. The number of aromatic carboxylic acids is 1. The topological polar surface area (TPSA) is 126 Å². The summed E-state index contributed by atoms with van der Waals surface area (Å²) >= 11 is 0. The lowest BCUT2D eigenvalue weighted by molar-refractivity contribution is -0.122. The van der Waals surface area contributed by atoms with Crippen molar-refractivity contribution >= 4 is 17.6 Å². The molecule has 3 N–H and O–H groups in total. The van der Waals surface area contributed by atoms with Crippen LogP contribution in [0.4, 0.5) is 5.69 Å². The summed E-state index contributed by atoms with van der Waals surface area (Å²) in [5, 5.41) is 19.8. The number of rotatable bonds is 7. The maximum atomic E-state index is 12.8. The van der Waals surface area contributed by atoms with Gasteiger partial charge in [0.05, 0.1) is 11.9 Å². The van der Waals surface area contributed by atoms with Crippen LogP contribution in [0.1, 0.15) is 49.5 Å². The molecule has 3 aliphatic rings. The average molecular weight is 440 g/mol. The second-order valence-corrected chi connectivity index (χ2v) is 9.54. The maximum absolute atomic E-state index is 12.8. The first-order valence-electron chi connectivity index (χ1n) is 10.9. The van der Waals surface area contributed by atoms with Crippen molar-refractivity contribution in [3.05, 3.63) is 52.2 Å². The fraction of sp³-hybridized carbons (Fsp3) is 0.522. The van der Waals surface area contributed by atoms with Crippen molar-refractivity contribution in [3.63, 3.8) is 0 Å². The minimum absolute atomic E-state index is 0.0885. The molecule has 9 nitrogen and oxygen atoms in total. The van der Waals surface area contributed by atoms with Crippen LogP contribution in [0.2, 0.25) is 0 Å². The Morgan fingerprint density at radius 1 is 1.25 bits per heavy atom. The van der Waals surface area contributed by atoms with Gasteiger partial charge in [0, 0.05) is 25.0 Å². The molecular weight excluding hydrogens is 410 g/mol. The van der Waals surface area contributed by atoms with Crippen LogP contribution in [-0.4, -0.2) is 37.8 Å². The first-order valence-corrected chi connectivity index (χ1v) is 10.9. The number of hydrogen-bond donors (Lipinski definition) is 3. The lowest BCUT2D eigenvalue weighted by atomic mass is 9.45. The second kappa shape index (κ2) is 8.37. The van der Waals surface area contributed by atoms with E-state index in [1.54, 1.807) is 24.5 Å². The van der Waals surface area contributed by atoms with Gasteiger partial charge in [0.1, 0.15) is 6.54 Å². The molecule has 0 saturated heterocycles. The monoisotopic (exact) mass is 439 g/mol. The molecule has 1 amide bonds. The van der Waals surface area contributed by atoms with E-state index in [-0.39, 0.29) is 30.4 Å². The molecule has 2 bridgehead atoms. The predicted molar refractivity (Wildman–Crippen MR) is 118 cm³/mol. The van der Waals surface area contributed by atoms with Crippen LogP contribution in [0.5, 0.6) is 0 Å². The first kappa shape index (κ1) is 22.0. The number of aromatic nitrogens is 3. The van der Waals surface area contributed by atoms with Crippen LogP contribution < -0.4 is 16.2 Å². The minimum atomic E-state index is -1.33. The largest absolute Gasteiger partial charge is 0.477 e. The molecular formula is C23H29N5O4. The summed E-state index contributed by atoms with van der Waals surface area (Å²) in [6.07, 6.45) is 6.72. The molecule has 32 heavy (non-hydrogen) atoms. The molecule has 2 aromatic heterocycles. The summed E-state index contributed by atoms with van der Waals surface area (Å²) in [7, 11) is 0. The lowest BCUT2D eigenvalue weighted by Crippen LogP contribution is -2.58. The molecule has 0 aromatic carbocycles. The van der Waals surface area contributed by atoms with Gasteiger partial charge in [-0.2, -0.15) is 5.10 Å². The molecule has 0 unspecified atom stereocenters. The summed E-state index contributed by atoms with van der Waals surface area (Å²) in [6, 6.07) is 3.63. The molecule has 2 aromatic rings. The van der Waals surface area contributed by atoms with Gasteiger partial charge in [-0.25, -0.2) is 9.48 Å². The third-order valence-electron chi connectivity index (χ3n) is 7.49. The Kier molecular flexibility index (Phi) is 5.75. The van der Waals surface area contributed by atoms with Crippen LogP contribution in [0.3, 0.4) is 0 Å². The highest BCUT2D eigenvalue weighted by Crippen LogP contribution is 2.61. The van der Waals surface area contributed by atoms with Crippen molar-refractivity contribution < 1.29 is 14.7 Å². The number of carboxylic acid groups (broad SMARTS) is 1. The Bertz CT molecular complexity index is 1080. The third kappa shape index (κ3) is 3.99. The predicted octanol–water partition coefficient (Wildman–Crippen LogP) is 2.14. The van der Waals surface area contributed by atoms with E-state index in [2.05, 4.69) is 41.5 Å². The number of anilines is 1. The van der Waals surface area contributed by atoms with Gasteiger partial charge in [0.15, 0.2) is 5.56 Å². The summed E-state index contributed by atoms with van der Waals surface area (Å²) in [5.41, 5.74) is 0.204. The van der Waals surface area contributed by atoms with Crippen LogP contribution in [0.25, 0.3) is 0 Å². The molecule has 3 fully saturated rings. The lowest BCUT2D eigenvalue weighted by Gasteiger charge is -2.62. The zero-order valence-corrected chi connectivity index (χ0v) is 18.5. The SMILES string of the molecule is C[C@H]1[C@H](Nc2cnn(CC(=O)NCc3ccncc3)c(=O)c2C(=O)O)C[C@H]2C[C@@H]1C2(C)C. The van der Waals surface area contributed by atoms with Crippen molar-refractivity contribution in [2.24, 2.45) is 23.2 Å². The Hall–Kier alpha value is -3.23. The van der Waals surface area contributed by atoms with E-state index < -0.39 is 17.4 Å². The average Bonchev–Trinajstić information content (AvgIpc) is 2.75. The van der Waals surface area contributed by atoms with E-state index in [1.165, 1.54) is 12.6 Å². The molecule has 0 aliphatic heterocycles. The molecule has 0 spiro atoms. The van der Waals surface area contributed by atoms with Crippen LogP contribution in [0.15, 0.2) is 35.5 Å². The van der Waals surface area contributed by atoms with E-state index >= 15 is 0 Å². The van der Waals surface area contributed by atoms with Gasteiger partial charge in [0.25, 0.3) is 5.56 Å². The number of nitrogens with zero attached hydrogens (tertiary/aromatic N) is 3. The van der Waals surface area contributed by atoms with E-state index in [1.807, 2.05) is 0 Å².